The van der Waals surface area contributed by atoms with Gasteiger partial charge >= 0.3 is 5.97 Å². The third kappa shape index (κ3) is 6.49. The quantitative estimate of drug-likeness (QED) is 0.401. The Labute approximate surface area is 222 Å². The Balaban J connectivity index is 1.71. The van der Waals surface area contributed by atoms with Gasteiger partial charge in [0, 0.05) is 0 Å². The molecule has 0 bridgehead atoms. The van der Waals surface area contributed by atoms with Crippen LogP contribution in [-0.2, 0) is 21.3 Å². The summed E-state index contributed by atoms with van der Waals surface area (Å²) >= 11 is 1.09. The molecule has 37 heavy (non-hydrogen) atoms. The van der Waals surface area contributed by atoms with Gasteiger partial charge in [-0.1, -0.05) is 24.3 Å². The number of sulfonamides is 1. The van der Waals surface area contributed by atoms with Crippen molar-refractivity contribution in [3.05, 3.63) is 70.9 Å². The predicted molar refractivity (Wildman–Crippen MR) is 145 cm³/mol. The van der Waals surface area contributed by atoms with Crippen LogP contribution in [0.5, 0.6) is 5.75 Å². The zero-order valence-electron chi connectivity index (χ0n) is 21.6. The fourth-order valence-corrected chi connectivity index (χ4v) is 6.71. The third-order valence-electron chi connectivity index (χ3n) is 6.13. The zero-order valence-corrected chi connectivity index (χ0v) is 23.2. The van der Waals surface area contributed by atoms with Gasteiger partial charge in [-0.3, -0.25) is 4.31 Å². The third-order valence-corrected chi connectivity index (χ3v) is 8.85. The first-order chi connectivity index (χ1) is 17.6. The van der Waals surface area contributed by atoms with Gasteiger partial charge in [0.1, 0.15) is 16.4 Å². The molecule has 1 aliphatic rings. The number of hydrogen-bond donors (Lipinski definition) is 1. The Hall–Kier alpha value is -2.95. The van der Waals surface area contributed by atoms with Crippen LogP contribution < -0.4 is 14.4 Å². The van der Waals surface area contributed by atoms with Crippen LogP contribution in [0.3, 0.4) is 0 Å². The lowest BCUT2D eigenvalue weighted by atomic mass is 9.90. The first kappa shape index (κ1) is 27.1. The van der Waals surface area contributed by atoms with Crippen LogP contribution in [0.25, 0.3) is 0 Å². The molecule has 0 saturated carbocycles. The van der Waals surface area contributed by atoms with E-state index in [1.54, 1.807) is 64.3 Å². The fraction of sp³-hybridized carbons (Fsp3) is 0.407. The van der Waals surface area contributed by atoms with Crippen molar-refractivity contribution < 1.29 is 22.7 Å². The van der Waals surface area contributed by atoms with E-state index in [-0.39, 0.29) is 22.1 Å². The summed E-state index contributed by atoms with van der Waals surface area (Å²) in [6.07, 6.45) is 2.05. The zero-order chi connectivity index (χ0) is 26.6. The van der Waals surface area contributed by atoms with E-state index < -0.39 is 21.6 Å². The summed E-state index contributed by atoms with van der Waals surface area (Å²) in [5, 5.41) is 3.57. The van der Waals surface area contributed by atoms with Crippen LogP contribution >= 0.6 is 11.3 Å². The number of methoxy groups -OCH3 is 1. The summed E-state index contributed by atoms with van der Waals surface area (Å²) in [6, 6.07) is 14.3. The van der Waals surface area contributed by atoms with E-state index in [2.05, 4.69) is 10.3 Å². The van der Waals surface area contributed by atoms with Crippen molar-refractivity contribution in [1.82, 2.24) is 10.3 Å². The summed E-state index contributed by atoms with van der Waals surface area (Å²) in [7, 11) is -2.46. The molecule has 8 nitrogen and oxygen atoms in total. The molecule has 0 spiro atoms. The number of anilines is 1. The first-order valence-corrected chi connectivity index (χ1v) is 14.5. The van der Waals surface area contributed by atoms with Crippen LogP contribution in [0.15, 0.2) is 58.9 Å². The van der Waals surface area contributed by atoms with E-state index in [9.17, 15) is 13.2 Å². The number of nitrogens with zero attached hydrogens (tertiary/aromatic N) is 2. The topological polar surface area (TPSA) is 97.8 Å². The van der Waals surface area contributed by atoms with Crippen LogP contribution in [0, 0.1) is 0 Å². The molecule has 198 valence electrons. The van der Waals surface area contributed by atoms with Crippen molar-refractivity contribution in [3.63, 3.8) is 0 Å². The SMILES string of the molecule is COc1ccc(CN(c2scnc2C(=O)OC(C)(C)C)S(=O)(=O)c2ccc(C3CCNCC3)cc2)cc1. The highest BCUT2D eigenvalue weighted by Gasteiger charge is 2.33. The lowest BCUT2D eigenvalue weighted by Gasteiger charge is -2.26. The number of thiazole rings is 1. The second-order valence-electron chi connectivity index (χ2n) is 9.96. The second-order valence-corrected chi connectivity index (χ2v) is 12.7. The number of ether oxygens (including phenoxy) is 2. The number of hydrogen-bond acceptors (Lipinski definition) is 8. The van der Waals surface area contributed by atoms with E-state index in [1.165, 1.54) is 9.82 Å². The van der Waals surface area contributed by atoms with Crippen LogP contribution in [0.1, 0.15) is 61.1 Å². The van der Waals surface area contributed by atoms with Gasteiger partial charge in [0.25, 0.3) is 10.0 Å². The van der Waals surface area contributed by atoms with Gasteiger partial charge in [-0.2, -0.15) is 0 Å². The maximum Gasteiger partial charge on any atom is 0.360 e. The molecule has 1 N–H and O–H groups in total. The normalized spacial score (nSPS) is 14.8. The fourth-order valence-electron chi connectivity index (χ4n) is 4.24. The van der Waals surface area contributed by atoms with Gasteiger partial charge in [0.05, 0.1) is 24.1 Å². The van der Waals surface area contributed by atoms with Crippen LogP contribution in [0.4, 0.5) is 5.00 Å². The Kier molecular flexibility index (Phi) is 8.20. The van der Waals surface area contributed by atoms with Crippen molar-refractivity contribution in [2.24, 2.45) is 0 Å². The molecule has 10 heteroatoms. The monoisotopic (exact) mass is 543 g/mol. The molecule has 0 unspecified atom stereocenters. The molecule has 0 amide bonds. The van der Waals surface area contributed by atoms with Gasteiger partial charge in [0.15, 0.2) is 5.69 Å². The predicted octanol–water partition coefficient (Wildman–Crippen LogP) is 4.97. The first-order valence-electron chi connectivity index (χ1n) is 12.2. The van der Waals surface area contributed by atoms with Gasteiger partial charge in [-0.15, -0.1) is 11.3 Å². The highest BCUT2D eigenvalue weighted by atomic mass is 32.2. The standard InChI is InChI=1S/C27H33N3O5S2/c1-27(2,3)35-26(31)24-25(36-18-29-24)30(17-19-5-9-22(34-4)10-6-19)37(32,33)23-11-7-20(8-12-23)21-13-15-28-16-14-21/h5-12,18,21,28H,13-17H2,1-4H3. The molecule has 2 aromatic carbocycles. The largest absolute Gasteiger partial charge is 0.497 e. The number of rotatable bonds is 8. The van der Waals surface area contributed by atoms with Crippen molar-refractivity contribution in [2.45, 2.75) is 56.6 Å². The number of aromatic nitrogens is 1. The van der Waals surface area contributed by atoms with Crippen LogP contribution in [0.2, 0.25) is 0 Å². The molecule has 2 heterocycles. The van der Waals surface area contributed by atoms with Crippen molar-refractivity contribution in [3.8, 4) is 5.75 Å². The van der Waals surface area contributed by atoms with Crippen molar-refractivity contribution >= 4 is 32.3 Å². The van der Waals surface area contributed by atoms with E-state index >= 15 is 0 Å². The summed E-state index contributed by atoms with van der Waals surface area (Å²) in [6.45, 7) is 7.20. The number of esters is 1. The van der Waals surface area contributed by atoms with Gasteiger partial charge < -0.3 is 14.8 Å². The number of piperidine rings is 1. The average molecular weight is 544 g/mol. The Bertz CT molecular complexity index is 1310. The molecular formula is C27H33N3O5S2. The average Bonchev–Trinajstić information content (AvgIpc) is 3.37. The molecule has 0 radical (unpaired) electrons. The Morgan fingerprint density at radius 3 is 2.32 bits per heavy atom. The highest BCUT2D eigenvalue weighted by Crippen LogP contribution is 2.34. The van der Waals surface area contributed by atoms with Crippen molar-refractivity contribution in [2.75, 3.05) is 24.5 Å². The second kappa shape index (κ2) is 11.2. The molecule has 1 aliphatic heterocycles. The number of carbonyl (C=O) groups is 1. The molecule has 0 aliphatic carbocycles. The summed E-state index contributed by atoms with van der Waals surface area (Å²) < 4.78 is 40.0. The van der Waals surface area contributed by atoms with Gasteiger partial charge in [-0.05, 0) is 88.0 Å². The Morgan fingerprint density at radius 1 is 1.08 bits per heavy atom. The molecule has 1 fully saturated rings. The highest BCUT2D eigenvalue weighted by molar-refractivity contribution is 7.93. The van der Waals surface area contributed by atoms with Crippen molar-refractivity contribution in [1.29, 1.82) is 0 Å². The minimum atomic E-state index is -4.03. The lowest BCUT2D eigenvalue weighted by molar-refractivity contribution is 0.00646. The van der Waals surface area contributed by atoms with E-state index in [1.807, 2.05) is 12.1 Å². The summed E-state index contributed by atoms with van der Waals surface area (Å²) in [5.74, 6) is 0.410. The molecule has 1 saturated heterocycles. The van der Waals surface area contributed by atoms with Crippen LogP contribution in [-0.4, -0.2) is 45.2 Å². The molecule has 3 aromatic rings. The van der Waals surface area contributed by atoms with E-state index in [4.69, 9.17) is 9.47 Å². The van der Waals surface area contributed by atoms with Gasteiger partial charge in [-0.25, -0.2) is 18.2 Å². The molecule has 4 rings (SSSR count). The van der Waals surface area contributed by atoms with Gasteiger partial charge in [0.2, 0.25) is 0 Å². The number of nitrogens with one attached hydrogen (secondary N) is 1. The molecule has 0 atom stereocenters. The minimum Gasteiger partial charge on any atom is -0.497 e. The molecule has 1 aromatic heterocycles. The molecular weight excluding hydrogens is 510 g/mol. The summed E-state index contributed by atoms with van der Waals surface area (Å²) in [4.78, 5) is 17.3. The number of carbonyl (C=O) groups excluding carboxylic acids is 1. The minimum absolute atomic E-state index is 0.0143. The Morgan fingerprint density at radius 2 is 1.73 bits per heavy atom. The maximum atomic E-state index is 14.0. The van der Waals surface area contributed by atoms with E-state index in [0.717, 1.165) is 48.4 Å². The smallest absolute Gasteiger partial charge is 0.360 e. The van der Waals surface area contributed by atoms with E-state index in [0.29, 0.717) is 11.7 Å². The lowest BCUT2D eigenvalue weighted by Crippen LogP contribution is -2.32. The number of benzene rings is 2. The summed E-state index contributed by atoms with van der Waals surface area (Å²) in [5.41, 5.74) is 2.56. The maximum absolute atomic E-state index is 14.0.